The minimum atomic E-state index is -0.312. The zero-order valence-corrected chi connectivity index (χ0v) is 9.86. The van der Waals surface area contributed by atoms with Crippen molar-refractivity contribution in [3.05, 3.63) is 29.8 Å². The molecule has 0 aliphatic carbocycles. The topological polar surface area (TPSA) is 43.4 Å². The van der Waals surface area contributed by atoms with E-state index in [2.05, 4.69) is 10.3 Å². The van der Waals surface area contributed by atoms with Crippen molar-refractivity contribution in [2.24, 2.45) is 0 Å². The normalized spacial score (nSPS) is 22.4. The molecule has 5 heteroatoms. The fourth-order valence-electron chi connectivity index (χ4n) is 2.00. The van der Waals surface area contributed by atoms with E-state index in [-0.39, 0.29) is 18.0 Å². The summed E-state index contributed by atoms with van der Waals surface area (Å²) in [4.78, 5) is 3.76. The van der Waals surface area contributed by atoms with E-state index in [1.165, 1.54) is 6.20 Å². The highest BCUT2D eigenvalue weighted by molar-refractivity contribution is 5.19. The van der Waals surface area contributed by atoms with Gasteiger partial charge < -0.3 is 14.8 Å². The van der Waals surface area contributed by atoms with Crippen LogP contribution in [-0.2, 0) is 9.47 Å². The summed E-state index contributed by atoms with van der Waals surface area (Å²) in [7, 11) is 0. The Morgan fingerprint density at radius 2 is 2.47 bits per heavy atom. The third-order valence-corrected chi connectivity index (χ3v) is 2.78. The third kappa shape index (κ3) is 3.00. The number of hydrogen-bond donors (Lipinski definition) is 1. The van der Waals surface area contributed by atoms with Gasteiger partial charge in [0.1, 0.15) is 11.9 Å². The van der Waals surface area contributed by atoms with Gasteiger partial charge in [-0.25, -0.2) is 4.39 Å². The second kappa shape index (κ2) is 6.05. The van der Waals surface area contributed by atoms with E-state index in [0.29, 0.717) is 25.4 Å². The number of nitrogens with zero attached hydrogens (tertiary/aromatic N) is 1. The van der Waals surface area contributed by atoms with Gasteiger partial charge in [0.2, 0.25) is 0 Å². The van der Waals surface area contributed by atoms with Crippen LogP contribution in [0.15, 0.2) is 18.5 Å². The quantitative estimate of drug-likeness (QED) is 0.861. The lowest BCUT2D eigenvalue weighted by atomic mass is 10.0. The fraction of sp³-hybridized carbons (Fsp3) is 0.583. The van der Waals surface area contributed by atoms with Gasteiger partial charge in [-0.1, -0.05) is 6.92 Å². The summed E-state index contributed by atoms with van der Waals surface area (Å²) in [5, 5.41) is 3.24. The molecular formula is C12H17FN2O2. The number of aromatic nitrogens is 1. The van der Waals surface area contributed by atoms with Crippen molar-refractivity contribution >= 4 is 0 Å². The maximum Gasteiger partial charge on any atom is 0.146 e. The van der Waals surface area contributed by atoms with Crippen molar-refractivity contribution in [1.29, 1.82) is 0 Å². The molecule has 0 saturated carbocycles. The zero-order valence-electron chi connectivity index (χ0n) is 9.86. The van der Waals surface area contributed by atoms with Gasteiger partial charge in [0.25, 0.3) is 0 Å². The van der Waals surface area contributed by atoms with Crippen LogP contribution in [0.2, 0.25) is 0 Å². The average molecular weight is 240 g/mol. The molecule has 1 aromatic heterocycles. The number of ether oxygens (including phenoxy) is 2. The molecule has 17 heavy (non-hydrogen) atoms. The van der Waals surface area contributed by atoms with Crippen molar-refractivity contribution in [2.45, 2.75) is 19.1 Å². The summed E-state index contributed by atoms with van der Waals surface area (Å²) in [5.74, 6) is -0.312. The van der Waals surface area contributed by atoms with Gasteiger partial charge in [-0.15, -0.1) is 0 Å². The molecule has 0 amide bonds. The fourth-order valence-corrected chi connectivity index (χ4v) is 2.00. The highest BCUT2D eigenvalue weighted by atomic mass is 19.1. The Balaban J connectivity index is 2.18. The molecule has 0 spiro atoms. The lowest BCUT2D eigenvalue weighted by Gasteiger charge is -2.31. The summed E-state index contributed by atoms with van der Waals surface area (Å²) in [6.07, 6.45) is 2.66. The molecule has 94 valence electrons. The van der Waals surface area contributed by atoms with E-state index in [9.17, 15) is 4.39 Å². The first-order valence-electron chi connectivity index (χ1n) is 5.85. The van der Waals surface area contributed by atoms with Crippen LogP contribution < -0.4 is 5.32 Å². The molecule has 1 saturated heterocycles. The highest BCUT2D eigenvalue weighted by Crippen LogP contribution is 2.23. The van der Waals surface area contributed by atoms with Crippen molar-refractivity contribution in [3.63, 3.8) is 0 Å². The average Bonchev–Trinajstić information content (AvgIpc) is 2.38. The molecule has 1 fully saturated rings. The second-order valence-electron chi connectivity index (χ2n) is 3.92. The zero-order chi connectivity index (χ0) is 12.1. The number of likely N-dealkylation sites (N-methyl/N-ethyl adjacent to an activating group) is 1. The van der Waals surface area contributed by atoms with Crippen LogP contribution in [0.25, 0.3) is 0 Å². The molecule has 1 aromatic rings. The monoisotopic (exact) mass is 240 g/mol. The minimum absolute atomic E-state index is 0.152. The molecule has 4 nitrogen and oxygen atoms in total. The van der Waals surface area contributed by atoms with E-state index < -0.39 is 0 Å². The lowest BCUT2D eigenvalue weighted by Crippen LogP contribution is -2.41. The van der Waals surface area contributed by atoms with Crippen LogP contribution in [0.3, 0.4) is 0 Å². The lowest BCUT2D eigenvalue weighted by molar-refractivity contribution is -0.102. The van der Waals surface area contributed by atoms with Crippen molar-refractivity contribution in [2.75, 3.05) is 26.4 Å². The minimum Gasteiger partial charge on any atom is -0.376 e. The molecule has 1 aliphatic heterocycles. The van der Waals surface area contributed by atoms with Crippen molar-refractivity contribution in [1.82, 2.24) is 10.3 Å². The standard InChI is InChI=1S/C12H17FN2O2/c1-2-15-12(11-8-16-5-6-17-11)9-3-4-14-7-10(9)13/h3-4,7,11-12,15H,2,5-6,8H2,1H3. The first kappa shape index (κ1) is 12.4. The van der Waals surface area contributed by atoms with Crippen molar-refractivity contribution in [3.8, 4) is 0 Å². The van der Waals surface area contributed by atoms with Crippen molar-refractivity contribution < 1.29 is 13.9 Å². The summed E-state index contributed by atoms with van der Waals surface area (Å²) < 4.78 is 24.7. The van der Waals surface area contributed by atoms with Gasteiger partial charge in [-0.3, -0.25) is 4.98 Å². The molecule has 0 aromatic carbocycles. The van der Waals surface area contributed by atoms with Gasteiger partial charge in [0, 0.05) is 11.8 Å². The number of pyridine rings is 1. The van der Waals surface area contributed by atoms with Crippen LogP contribution in [0, 0.1) is 5.82 Å². The molecule has 2 rings (SSSR count). The van der Waals surface area contributed by atoms with Crippen LogP contribution >= 0.6 is 0 Å². The molecule has 0 radical (unpaired) electrons. The Kier molecular flexibility index (Phi) is 4.42. The number of nitrogens with one attached hydrogen (secondary N) is 1. The van der Waals surface area contributed by atoms with Gasteiger partial charge in [0.05, 0.1) is 32.1 Å². The predicted molar refractivity (Wildman–Crippen MR) is 61.2 cm³/mol. The molecular weight excluding hydrogens is 223 g/mol. The van der Waals surface area contributed by atoms with Crippen LogP contribution in [0.4, 0.5) is 4.39 Å². The first-order valence-corrected chi connectivity index (χ1v) is 5.85. The summed E-state index contributed by atoms with van der Waals surface area (Å²) in [6, 6.07) is 1.49. The second-order valence-corrected chi connectivity index (χ2v) is 3.92. The number of halogens is 1. The summed E-state index contributed by atoms with van der Waals surface area (Å²) >= 11 is 0. The molecule has 0 bridgehead atoms. The summed E-state index contributed by atoms with van der Waals surface area (Å²) in [5.41, 5.74) is 0.581. The van der Waals surface area contributed by atoms with Crippen LogP contribution in [0.1, 0.15) is 18.5 Å². The Morgan fingerprint density at radius 1 is 1.59 bits per heavy atom. The Labute approximate surface area is 100 Å². The Hall–Kier alpha value is -1.04. The van der Waals surface area contributed by atoms with Crippen LogP contribution in [-0.4, -0.2) is 37.5 Å². The van der Waals surface area contributed by atoms with Gasteiger partial charge >= 0.3 is 0 Å². The molecule has 1 N–H and O–H groups in total. The smallest absolute Gasteiger partial charge is 0.146 e. The maximum atomic E-state index is 13.7. The predicted octanol–water partition coefficient (Wildman–Crippen LogP) is 1.29. The highest BCUT2D eigenvalue weighted by Gasteiger charge is 2.27. The molecule has 2 atom stereocenters. The van der Waals surface area contributed by atoms with Gasteiger partial charge in [-0.05, 0) is 12.6 Å². The van der Waals surface area contributed by atoms with Gasteiger partial charge in [-0.2, -0.15) is 0 Å². The van der Waals surface area contributed by atoms with E-state index >= 15 is 0 Å². The SMILES string of the molecule is CCNC(c1ccncc1F)C1COCCO1. The first-order chi connectivity index (χ1) is 8.33. The Bertz CT molecular complexity index is 356. The van der Waals surface area contributed by atoms with Crippen LogP contribution in [0.5, 0.6) is 0 Å². The van der Waals surface area contributed by atoms with E-state index in [1.807, 2.05) is 6.92 Å². The summed E-state index contributed by atoms with van der Waals surface area (Å²) in [6.45, 7) is 4.37. The molecule has 2 heterocycles. The molecule has 1 aliphatic rings. The van der Waals surface area contributed by atoms with E-state index in [4.69, 9.17) is 9.47 Å². The van der Waals surface area contributed by atoms with E-state index in [0.717, 1.165) is 6.54 Å². The Morgan fingerprint density at radius 3 is 3.12 bits per heavy atom. The largest absolute Gasteiger partial charge is 0.376 e. The van der Waals surface area contributed by atoms with E-state index in [1.54, 1.807) is 12.3 Å². The molecule has 2 unspecified atom stereocenters. The maximum absolute atomic E-state index is 13.7. The third-order valence-electron chi connectivity index (χ3n) is 2.78. The number of hydrogen-bond acceptors (Lipinski definition) is 4. The number of rotatable bonds is 4. The van der Waals surface area contributed by atoms with Gasteiger partial charge in [0.15, 0.2) is 0 Å².